The third-order valence-corrected chi connectivity index (χ3v) is 5.93. The highest BCUT2D eigenvalue weighted by molar-refractivity contribution is 7.46. The Morgan fingerprint density at radius 2 is 0.723 bits per heavy atom. The second kappa shape index (κ2) is 12.2. The Morgan fingerprint density at radius 1 is 0.447 bits per heavy atom. The van der Waals surface area contributed by atoms with Crippen LogP contribution in [-0.2, 0) is 9.09 Å². The molecule has 4 nitrogen and oxygen atoms in total. The average Bonchev–Trinajstić information content (AvgIpc) is 2.83. The molecule has 0 radical (unpaired) electrons. The SMILES string of the molecule is O=P(O)(O)OCCCC(F)(F)C(F)(F)C(F)(F)C(F)(F)C(F)(F)C(F)(F)C=CC(F)(F)C(F)(F)C(F)(F)C(F)(F)C(F)(F)C(F)(F)F. The van der Waals surface area contributed by atoms with Crippen molar-refractivity contribution >= 4 is 7.82 Å². The maximum atomic E-state index is 13.8. The average molecular weight is 784 g/mol. The molecule has 30 heteroatoms. The normalized spacial score (nSPS) is 16.7. The number of allylic oxidation sites excluding steroid dienone is 2. The largest absolute Gasteiger partial charge is 0.469 e. The van der Waals surface area contributed by atoms with E-state index in [1.807, 2.05) is 0 Å². The summed E-state index contributed by atoms with van der Waals surface area (Å²) in [5, 5.41) is 0. The molecule has 282 valence electrons. The minimum absolute atomic E-state index is 1.78. The molecule has 0 rings (SSSR count). The first-order valence-corrected chi connectivity index (χ1v) is 12.1. The number of phosphoric acid groups is 1. The van der Waals surface area contributed by atoms with Gasteiger partial charge in [-0.1, -0.05) is 0 Å². The van der Waals surface area contributed by atoms with Crippen LogP contribution in [0.4, 0.5) is 110 Å². The molecule has 0 aromatic rings. The molecule has 47 heavy (non-hydrogen) atoms. The van der Waals surface area contributed by atoms with E-state index >= 15 is 0 Å². The van der Waals surface area contributed by atoms with Crippen LogP contribution >= 0.6 is 7.82 Å². The molecule has 0 heterocycles. The Hall–Kier alpha value is -1.90. The molecular weight excluding hydrogens is 774 g/mol. The summed E-state index contributed by atoms with van der Waals surface area (Å²) in [6, 6.07) is 0. The molecule has 0 aromatic carbocycles. The van der Waals surface area contributed by atoms with Gasteiger partial charge in [0, 0.05) is 6.42 Å². The van der Waals surface area contributed by atoms with Crippen LogP contribution in [0.25, 0.3) is 0 Å². The molecule has 0 aromatic heterocycles. The molecule has 2 N–H and O–H groups in total. The minimum atomic E-state index is -8.76. The standard InChI is InChI=1S/C17H10F25O4P/c18-6(19,2-1-5-46-47(43,44)45)9(24,25)12(30,31)13(32,33)10(26,27)7(20,21)3-4-8(22,23)11(28,29)14(34,35)15(36,37)16(38,39)17(40,41)42/h3-4H,1-2,5H2,(H2,43,44,45). The van der Waals surface area contributed by atoms with Crippen molar-refractivity contribution in [2.75, 3.05) is 6.61 Å². The van der Waals surface area contributed by atoms with Crippen LogP contribution in [0.3, 0.4) is 0 Å². The lowest BCUT2D eigenvalue weighted by molar-refractivity contribution is -0.436. The van der Waals surface area contributed by atoms with Crippen LogP contribution in [0.1, 0.15) is 12.8 Å². The predicted octanol–water partition coefficient (Wildman–Crippen LogP) is 8.98. The first kappa shape index (κ1) is 45.1. The maximum Gasteiger partial charge on any atom is 0.469 e. The zero-order valence-corrected chi connectivity index (χ0v) is 21.8. The van der Waals surface area contributed by atoms with E-state index in [2.05, 4.69) is 4.52 Å². The number of hydrogen-bond donors (Lipinski definition) is 2. The molecule has 0 aliphatic carbocycles. The Bertz CT molecular complexity index is 1180. The summed E-state index contributed by atoms with van der Waals surface area (Å²) in [6.07, 6.45) is -18.9. The van der Waals surface area contributed by atoms with Gasteiger partial charge in [0.2, 0.25) is 0 Å². The topological polar surface area (TPSA) is 66.8 Å². The van der Waals surface area contributed by atoms with Crippen molar-refractivity contribution in [2.45, 2.75) is 84.2 Å². The molecule has 0 amide bonds. The Kier molecular flexibility index (Phi) is 11.7. The number of halogens is 25. The number of alkyl halides is 25. The van der Waals surface area contributed by atoms with Gasteiger partial charge in [-0.15, -0.1) is 0 Å². The lowest BCUT2D eigenvalue weighted by Crippen LogP contribution is -2.70. The Labute approximate surface area is 240 Å². The van der Waals surface area contributed by atoms with Crippen molar-refractivity contribution in [1.29, 1.82) is 0 Å². The van der Waals surface area contributed by atoms with Crippen molar-refractivity contribution in [3.05, 3.63) is 12.2 Å². The second-order valence-electron chi connectivity index (χ2n) is 8.80. The van der Waals surface area contributed by atoms with Gasteiger partial charge in [-0.25, -0.2) is 4.57 Å². The lowest BCUT2D eigenvalue weighted by Gasteiger charge is -2.41. The van der Waals surface area contributed by atoms with Crippen LogP contribution in [0, 0.1) is 0 Å². The maximum absolute atomic E-state index is 13.8. The fourth-order valence-corrected chi connectivity index (χ4v) is 3.04. The summed E-state index contributed by atoms with van der Waals surface area (Å²) < 4.78 is 347. The number of hydrogen-bond acceptors (Lipinski definition) is 2. The summed E-state index contributed by atoms with van der Waals surface area (Å²) in [4.78, 5) is 16.5. The molecule has 0 fully saturated rings. The molecule has 0 bridgehead atoms. The van der Waals surface area contributed by atoms with Gasteiger partial charge < -0.3 is 9.79 Å². The van der Waals surface area contributed by atoms with Crippen LogP contribution in [0.2, 0.25) is 0 Å². The number of phosphoric ester groups is 1. The monoisotopic (exact) mass is 784 g/mol. The van der Waals surface area contributed by atoms with Crippen LogP contribution < -0.4 is 0 Å². The van der Waals surface area contributed by atoms with E-state index in [1.165, 1.54) is 0 Å². The summed E-state index contributed by atoms with van der Waals surface area (Å²) in [5.74, 6) is -90.5. The molecule has 0 aliphatic heterocycles. The molecule has 0 aliphatic rings. The van der Waals surface area contributed by atoms with E-state index < -0.39 is 111 Å². The van der Waals surface area contributed by atoms with Crippen LogP contribution in [0.5, 0.6) is 0 Å². The molecule has 0 saturated heterocycles. The van der Waals surface area contributed by atoms with Gasteiger partial charge in [0.25, 0.3) is 0 Å². The minimum Gasteiger partial charge on any atom is -0.303 e. The zero-order chi connectivity index (χ0) is 38.7. The highest BCUT2D eigenvalue weighted by Crippen LogP contribution is 2.63. The van der Waals surface area contributed by atoms with Gasteiger partial charge in [0.05, 0.1) is 6.61 Å². The van der Waals surface area contributed by atoms with Crippen LogP contribution in [0.15, 0.2) is 12.2 Å². The summed E-state index contributed by atoms with van der Waals surface area (Å²) in [7, 11) is -5.60. The lowest BCUT2D eigenvalue weighted by atomic mass is 9.89. The first-order valence-electron chi connectivity index (χ1n) is 10.5. The molecular formula is C17H10F25O4P. The van der Waals surface area contributed by atoms with E-state index in [4.69, 9.17) is 9.79 Å². The first-order chi connectivity index (χ1) is 19.9. The molecule has 0 saturated carbocycles. The smallest absolute Gasteiger partial charge is 0.303 e. The van der Waals surface area contributed by atoms with Crippen LogP contribution in [-0.4, -0.2) is 87.7 Å². The summed E-state index contributed by atoms with van der Waals surface area (Å²) >= 11 is 0. The van der Waals surface area contributed by atoms with Gasteiger partial charge in [-0.05, 0) is 18.6 Å². The summed E-state index contributed by atoms with van der Waals surface area (Å²) in [5.41, 5.74) is 0. The van der Waals surface area contributed by atoms with E-state index in [-0.39, 0.29) is 0 Å². The van der Waals surface area contributed by atoms with Gasteiger partial charge in [0.15, 0.2) is 0 Å². The van der Waals surface area contributed by atoms with Gasteiger partial charge >= 0.3 is 79.1 Å². The van der Waals surface area contributed by atoms with E-state index in [0.29, 0.717) is 0 Å². The molecule has 0 atom stereocenters. The second-order valence-corrected chi connectivity index (χ2v) is 10.0. The number of rotatable bonds is 16. The van der Waals surface area contributed by atoms with Crippen molar-refractivity contribution < 1.29 is 129 Å². The molecule has 0 spiro atoms. The van der Waals surface area contributed by atoms with Crippen molar-refractivity contribution in [2.24, 2.45) is 0 Å². The van der Waals surface area contributed by atoms with E-state index in [9.17, 15) is 114 Å². The van der Waals surface area contributed by atoms with Crippen molar-refractivity contribution in [3.8, 4) is 0 Å². The highest BCUT2D eigenvalue weighted by Gasteiger charge is 2.92. The quantitative estimate of drug-likeness (QED) is 0.0711. The van der Waals surface area contributed by atoms with Crippen molar-refractivity contribution in [1.82, 2.24) is 0 Å². The van der Waals surface area contributed by atoms with Gasteiger partial charge in [-0.3, -0.25) is 4.52 Å². The fraction of sp³-hybridized carbons (Fsp3) is 0.882. The summed E-state index contributed by atoms with van der Waals surface area (Å²) in [6.45, 7) is -1.78. The Morgan fingerprint density at radius 3 is 1.00 bits per heavy atom. The molecule has 0 unspecified atom stereocenters. The van der Waals surface area contributed by atoms with Gasteiger partial charge in [-0.2, -0.15) is 110 Å². The van der Waals surface area contributed by atoms with Crippen molar-refractivity contribution in [3.63, 3.8) is 0 Å². The predicted molar refractivity (Wildman–Crippen MR) is 96.8 cm³/mol. The highest BCUT2D eigenvalue weighted by atomic mass is 31.2. The fourth-order valence-electron chi connectivity index (χ4n) is 2.67. The Balaban J connectivity index is 6.75. The van der Waals surface area contributed by atoms with Gasteiger partial charge in [0.1, 0.15) is 0 Å². The van der Waals surface area contributed by atoms with E-state index in [1.54, 1.807) is 0 Å². The third kappa shape index (κ3) is 7.21. The zero-order valence-electron chi connectivity index (χ0n) is 20.9. The van der Waals surface area contributed by atoms with E-state index in [0.717, 1.165) is 0 Å². The third-order valence-electron chi connectivity index (χ3n) is 5.42.